The molecule has 18 nitrogen and oxygen atoms in total. The number of hydrogen-bond acceptors (Lipinski definition) is 16. The Bertz CT molecular complexity index is 2040. The lowest BCUT2D eigenvalue weighted by molar-refractivity contribution is -0.137. The van der Waals surface area contributed by atoms with Crippen molar-refractivity contribution in [1.82, 2.24) is 36.1 Å². The first-order valence-electron chi connectivity index (χ1n) is 21.3. The van der Waals surface area contributed by atoms with Crippen LogP contribution in [0.2, 0.25) is 0 Å². The lowest BCUT2D eigenvalue weighted by Gasteiger charge is -2.30. The molecule has 344 valence electrons. The van der Waals surface area contributed by atoms with Gasteiger partial charge in [-0.25, -0.2) is 4.98 Å². The predicted molar refractivity (Wildman–Crippen MR) is 237 cm³/mol. The maximum atomic E-state index is 12.9. The number of fused-ring (bicyclic) bond motifs is 1. The fraction of sp³-hybridized carbons (Fsp3) is 0.595. The Hall–Kier alpha value is -4.22. The highest BCUT2D eigenvalue weighted by atomic mass is 32.2. The molecule has 21 heteroatoms. The Morgan fingerprint density at radius 2 is 1.67 bits per heavy atom. The Labute approximate surface area is 379 Å². The molecule has 6 heterocycles. The minimum atomic E-state index is -0.643. The number of thiazole rings is 1. The Morgan fingerprint density at radius 3 is 2.37 bits per heavy atom. The number of hydrogen-bond donors (Lipinski definition) is 5. The van der Waals surface area contributed by atoms with Gasteiger partial charge in [0.25, 0.3) is 5.91 Å². The number of nitrogens with one attached hydrogen (secondary N) is 5. The van der Waals surface area contributed by atoms with Crippen molar-refractivity contribution in [2.75, 3.05) is 84.2 Å². The zero-order chi connectivity index (χ0) is 44.8. The molecule has 0 bridgehead atoms. The van der Waals surface area contributed by atoms with Crippen molar-refractivity contribution in [2.45, 2.75) is 81.0 Å². The van der Waals surface area contributed by atoms with Crippen LogP contribution < -0.4 is 26.6 Å². The van der Waals surface area contributed by atoms with Crippen LogP contribution in [0.15, 0.2) is 33.0 Å². The highest BCUT2D eigenvalue weighted by Gasteiger charge is 2.40. The maximum Gasteiger partial charge on any atom is 0.265 e. The summed E-state index contributed by atoms with van der Waals surface area (Å²) in [7, 11) is 0. The number of thiophene rings is 1. The molecule has 1 atom stereocenters. The van der Waals surface area contributed by atoms with E-state index in [2.05, 4.69) is 57.2 Å². The molecule has 63 heavy (non-hydrogen) atoms. The molecule has 2 fully saturated rings. The summed E-state index contributed by atoms with van der Waals surface area (Å²) in [5, 5.41) is 14.6. The lowest BCUT2D eigenvalue weighted by atomic mass is 9.94. The van der Waals surface area contributed by atoms with Crippen molar-refractivity contribution in [1.29, 1.82) is 0 Å². The molecule has 5 N–H and O–H groups in total. The van der Waals surface area contributed by atoms with Crippen molar-refractivity contribution in [3.05, 3.63) is 51.2 Å². The number of piperidine rings is 2. The number of ether oxygens (including phenoxy) is 3. The number of carbonyl (C=O) groups excluding carboxylic acids is 6. The lowest BCUT2D eigenvalue weighted by Crippen LogP contribution is -2.52. The molecule has 0 spiro atoms. The molecule has 3 aromatic heterocycles. The second kappa shape index (κ2) is 23.6. The minimum absolute atomic E-state index is 0.0335. The molecule has 6 amide bonds. The van der Waals surface area contributed by atoms with E-state index in [1.54, 1.807) is 18.0 Å². The zero-order valence-electron chi connectivity index (χ0n) is 36.0. The summed E-state index contributed by atoms with van der Waals surface area (Å²) in [6, 6.07) is 5.27. The number of imide groups is 1. The van der Waals surface area contributed by atoms with E-state index in [0.717, 1.165) is 26.2 Å². The monoisotopic (exact) mass is 930 g/mol. The summed E-state index contributed by atoms with van der Waals surface area (Å²) in [5.41, 5.74) is 0.792. The zero-order valence-corrected chi connectivity index (χ0v) is 38.5. The fourth-order valence-corrected chi connectivity index (χ4v) is 9.93. The summed E-state index contributed by atoms with van der Waals surface area (Å²) >= 11 is 4.39. The topological polar surface area (TPSA) is 223 Å². The third-order valence-electron chi connectivity index (χ3n) is 10.5. The number of likely N-dealkylation sites (tertiary alicyclic amines) is 1. The van der Waals surface area contributed by atoms with Gasteiger partial charge >= 0.3 is 0 Å². The number of furan rings is 1. The van der Waals surface area contributed by atoms with Gasteiger partial charge < -0.3 is 44.8 Å². The van der Waals surface area contributed by atoms with Crippen molar-refractivity contribution in [3.8, 4) is 0 Å². The van der Waals surface area contributed by atoms with Crippen LogP contribution >= 0.6 is 34.4 Å². The Morgan fingerprint density at radius 1 is 0.937 bits per heavy atom. The van der Waals surface area contributed by atoms with Crippen LogP contribution in [-0.2, 0) is 62.4 Å². The van der Waals surface area contributed by atoms with Crippen LogP contribution in [0.3, 0.4) is 0 Å². The van der Waals surface area contributed by atoms with Gasteiger partial charge in [-0.05, 0) is 56.1 Å². The van der Waals surface area contributed by atoms with Crippen LogP contribution in [0.25, 0.3) is 0 Å². The average molecular weight is 931 g/mol. The van der Waals surface area contributed by atoms with E-state index in [1.165, 1.54) is 27.6 Å². The number of rotatable bonds is 24. The van der Waals surface area contributed by atoms with Gasteiger partial charge in [0.15, 0.2) is 5.13 Å². The quantitative estimate of drug-likeness (QED) is 0.0496. The van der Waals surface area contributed by atoms with Gasteiger partial charge in [-0.1, -0.05) is 32.1 Å². The summed E-state index contributed by atoms with van der Waals surface area (Å²) in [6.07, 6.45) is 3.66. The van der Waals surface area contributed by atoms with Gasteiger partial charge in [0, 0.05) is 42.3 Å². The summed E-state index contributed by atoms with van der Waals surface area (Å²) < 4.78 is 23.6. The molecule has 6 rings (SSSR count). The average Bonchev–Trinajstić information content (AvgIpc) is 4.06. The van der Waals surface area contributed by atoms with E-state index in [4.69, 9.17) is 18.6 Å². The van der Waals surface area contributed by atoms with Gasteiger partial charge in [-0.3, -0.25) is 39.0 Å². The molecule has 3 aliphatic rings. The predicted octanol–water partition coefficient (Wildman–Crippen LogP) is 2.87. The summed E-state index contributed by atoms with van der Waals surface area (Å²) in [6.45, 7) is 11.9. The molecule has 3 aliphatic heterocycles. The number of nitrogens with zero attached hydrogens (tertiary/aromatic N) is 3. The molecule has 2 saturated heterocycles. The fourth-order valence-electron chi connectivity index (χ4n) is 7.09. The number of thioether (sulfide) groups is 1. The van der Waals surface area contributed by atoms with E-state index >= 15 is 0 Å². The molecule has 1 unspecified atom stereocenters. The minimum Gasteiger partial charge on any atom is -0.465 e. The second-order valence-corrected chi connectivity index (χ2v) is 19.9. The van der Waals surface area contributed by atoms with Gasteiger partial charge in [-0.2, -0.15) is 0 Å². The normalized spacial score (nSPS) is 17.2. The van der Waals surface area contributed by atoms with Crippen LogP contribution in [-0.4, -0.2) is 135 Å². The van der Waals surface area contributed by atoms with Gasteiger partial charge in [0.05, 0.1) is 80.3 Å². The molecular formula is C42H58N8O10S3. The first kappa shape index (κ1) is 48.2. The third kappa shape index (κ3) is 14.9. The molecule has 0 aromatic carbocycles. The largest absolute Gasteiger partial charge is 0.465 e. The van der Waals surface area contributed by atoms with Gasteiger partial charge in [-0.15, -0.1) is 23.1 Å². The van der Waals surface area contributed by atoms with E-state index in [1.807, 2.05) is 18.2 Å². The Kier molecular flexibility index (Phi) is 18.1. The van der Waals surface area contributed by atoms with E-state index in [9.17, 15) is 28.8 Å². The molecule has 0 radical (unpaired) electrons. The van der Waals surface area contributed by atoms with Crippen LogP contribution in [0.4, 0.5) is 5.13 Å². The number of aromatic nitrogens is 1. The van der Waals surface area contributed by atoms with Crippen LogP contribution in [0, 0.1) is 5.92 Å². The first-order valence-corrected chi connectivity index (χ1v) is 23.9. The highest BCUT2D eigenvalue weighted by Crippen LogP contribution is 2.35. The van der Waals surface area contributed by atoms with E-state index < -0.39 is 11.9 Å². The number of anilines is 1. The van der Waals surface area contributed by atoms with Crippen LogP contribution in [0.1, 0.15) is 78.1 Å². The maximum absolute atomic E-state index is 12.9. The molecule has 0 saturated carbocycles. The highest BCUT2D eigenvalue weighted by molar-refractivity contribution is 8.00. The van der Waals surface area contributed by atoms with E-state index in [-0.39, 0.29) is 60.4 Å². The molecular weight excluding hydrogens is 873 g/mol. The van der Waals surface area contributed by atoms with E-state index in [0.29, 0.717) is 114 Å². The second-order valence-electron chi connectivity index (χ2n) is 16.4. The SMILES string of the molecule is CC(C)(C)c1ccc(CSc2cnc(NC(=O)C3CCN(CC(=O)NCCOCCOCCOCCNCC(=O)NCc4cc5c(s4)C(=O)N(C4CCC(=O)NC4=O)C5)CC3)s2)o1. The third-order valence-corrected chi connectivity index (χ3v) is 13.8. The van der Waals surface area contributed by atoms with Gasteiger partial charge in [0.2, 0.25) is 29.5 Å². The first-order chi connectivity index (χ1) is 30.3. The van der Waals surface area contributed by atoms with Crippen molar-refractivity contribution >= 4 is 75.0 Å². The molecule has 3 aromatic rings. The summed E-state index contributed by atoms with van der Waals surface area (Å²) in [4.78, 5) is 83.6. The van der Waals surface area contributed by atoms with Crippen LogP contribution in [0.5, 0.6) is 0 Å². The number of carbonyl (C=O) groups is 6. The van der Waals surface area contributed by atoms with Crippen molar-refractivity contribution in [2.24, 2.45) is 5.92 Å². The van der Waals surface area contributed by atoms with Crippen molar-refractivity contribution < 1.29 is 47.4 Å². The summed E-state index contributed by atoms with van der Waals surface area (Å²) in [5.74, 6) is 1.16. The molecule has 0 aliphatic carbocycles. The standard InChI is InChI=1S/C42H58N8O10S3/c1-42(2,3)32-6-4-29(60-32)26-61-36-23-46-41(63-36)48-38(54)27-8-12-49(13-9-27)25-35(53)44-11-15-58-17-19-59-18-16-57-14-10-43-22-34(52)45-21-30-20-28-24-50(40(56)37(28)62-30)31-5-7-33(51)47-39(31)55/h4,6,20,23,27,31,43H,5,7-19,21-22,24-26H2,1-3H3,(H,44,53)(H,45,52)(H,46,48,54)(H,47,51,55). The Balaban J connectivity index is 0.698. The van der Waals surface area contributed by atoms with Crippen molar-refractivity contribution in [3.63, 3.8) is 0 Å². The van der Waals surface area contributed by atoms with Gasteiger partial charge in [0.1, 0.15) is 17.6 Å². The number of amides is 6. The smallest absolute Gasteiger partial charge is 0.265 e.